The van der Waals surface area contributed by atoms with Gasteiger partial charge in [-0.25, -0.2) is 4.98 Å². The highest BCUT2D eigenvalue weighted by Crippen LogP contribution is 2.24. The average Bonchev–Trinajstić information content (AvgIpc) is 2.78. The van der Waals surface area contributed by atoms with Crippen molar-refractivity contribution in [1.29, 1.82) is 0 Å². The lowest BCUT2D eigenvalue weighted by atomic mass is 10.2. The fraction of sp³-hybridized carbons (Fsp3) is 0.250. The Balaban J connectivity index is 2.32. The van der Waals surface area contributed by atoms with Crippen LogP contribution in [-0.2, 0) is 0 Å². The number of hydrogen-bond donors (Lipinski definition) is 1. The summed E-state index contributed by atoms with van der Waals surface area (Å²) in [5.74, 6) is 0.636. The van der Waals surface area contributed by atoms with Gasteiger partial charge in [-0.1, -0.05) is 29.4 Å². The van der Waals surface area contributed by atoms with Crippen molar-refractivity contribution < 1.29 is 5.11 Å². The summed E-state index contributed by atoms with van der Waals surface area (Å²) in [6.07, 6.45) is 3.63. The monoisotopic (exact) mass is 268 g/mol. The van der Waals surface area contributed by atoms with Gasteiger partial charge < -0.3 is 5.11 Å². The number of nitrogens with zero attached hydrogens (tertiary/aromatic N) is 2. The van der Waals surface area contributed by atoms with Crippen molar-refractivity contribution in [2.75, 3.05) is 12.4 Å². The van der Waals surface area contributed by atoms with E-state index in [1.807, 2.05) is 35.9 Å². The number of aliphatic hydroxyl groups excluding tert-OH is 1. The molecule has 5 heteroatoms. The molecule has 1 aromatic carbocycles. The summed E-state index contributed by atoms with van der Waals surface area (Å²) < 4.78 is 1.96. The van der Waals surface area contributed by atoms with Crippen LogP contribution < -0.4 is 0 Å². The molecule has 0 bridgehead atoms. The largest absolute Gasteiger partial charge is 0.396 e. The van der Waals surface area contributed by atoms with Crippen LogP contribution in [0.1, 0.15) is 5.56 Å². The number of benzene rings is 1. The molecule has 17 heavy (non-hydrogen) atoms. The van der Waals surface area contributed by atoms with Crippen LogP contribution in [0.3, 0.4) is 0 Å². The summed E-state index contributed by atoms with van der Waals surface area (Å²) >= 11 is 7.62. The molecule has 0 aliphatic rings. The topological polar surface area (TPSA) is 38.0 Å². The van der Waals surface area contributed by atoms with Crippen LogP contribution >= 0.6 is 23.4 Å². The van der Waals surface area contributed by atoms with Gasteiger partial charge in [-0.2, -0.15) is 0 Å². The van der Waals surface area contributed by atoms with E-state index in [2.05, 4.69) is 4.98 Å². The summed E-state index contributed by atoms with van der Waals surface area (Å²) in [5.41, 5.74) is 2.04. The fourth-order valence-electron chi connectivity index (χ4n) is 1.46. The second-order valence-electron chi connectivity index (χ2n) is 3.59. The summed E-state index contributed by atoms with van der Waals surface area (Å²) in [6.45, 7) is 2.12. The van der Waals surface area contributed by atoms with Gasteiger partial charge in [-0.3, -0.25) is 4.57 Å². The number of aliphatic hydroxyl groups is 1. The smallest absolute Gasteiger partial charge is 0.172 e. The van der Waals surface area contributed by atoms with Gasteiger partial charge in [0.2, 0.25) is 0 Å². The SMILES string of the molecule is Cc1ccc(-n2ccnc2SCCO)cc1Cl. The Kier molecular flexibility index (Phi) is 4.10. The minimum Gasteiger partial charge on any atom is -0.396 e. The number of rotatable bonds is 4. The van der Waals surface area contributed by atoms with Crippen molar-refractivity contribution in [1.82, 2.24) is 9.55 Å². The number of thioether (sulfide) groups is 1. The highest BCUT2D eigenvalue weighted by molar-refractivity contribution is 7.99. The van der Waals surface area contributed by atoms with Crippen LogP contribution in [-0.4, -0.2) is 27.0 Å². The number of imidazole rings is 1. The third-order valence-corrected chi connectivity index (χ3v) is 3.72. The molecule has 0 aliphatic carbocycles. The second kappa shape index (κ2) is 5.58. The first-order valence-corrected chi connectivity index (χ1v) is 6.62. The fourth-order valence-corrected chi connectivity index (χ4v) is 2.35. The Morgan fingerprint density at radius 3 is 3.00 bits per heavy atom. The minimum atomic E-state index is 0.145. The Morgan fingerprint density at radius 2 is 2.29 bits per heavy atom. The van der Waals surface area contributed by atoms with Gasteiger partial charge in [0, 0.05) is 28.9 Å². The van der Waals surface area contributed by atoms with E-state index in [9.17, 15) is 0 Å². The average molecular weight is 269 g/mol. The van der Waals surface area contributed by atoms with Crippen LogP contribution in [0.2, 0.25) is 5.02 Å². The molecule has 2 rings (SSSR count). The highest BCUT2D eigenvalue weighted by atomic mass is 35.5. The molecule has 0 radical (unpaired) electrons. The van der Waals surface area contributed by atoms with Gasteiger partial charge in [-0.05, 0) is 24.6 Å². The van der Waals surface area contributed by atoms with Crippen molar-refractivity contribution in [2.45, 2.75) is 12.1 Å². The van der Waals surface area contributed by atoms with Crippen LogP contribution in [0.15, 0.2) is 35.7 Å². The first kappa shape index (κ1) is 12.5. The molecule has 0 saturated carbocycles. The molecule has 0 fully saturated rings. The molecule has 0 amide bonds. The third kappa shape index (κ3) is 2.83. The van der Waals surface area contributed by atoms with Crippen LogP contribution in [0.25, 0.3) is 5.69 Å². The number of halogens is 1. The van der Waals surface area contributed by atoms with Crippen molar-refractivity contribution in [3.8, 4) is 5.69 Å². The molecule has 1 heterocycles. The zero-order valence-electron chi connectivity index (χ0n) is 9.43. The van der Waals surface area contributed by atoms with E-state index in [1.54, 1.807) is 6.20 Å². The van der Waals surface area contributed by atoms with Gasteiger partial charge >= 0.3 is 0 Å². The molecule has 2 aromatic rings. The maximum absolute atomic E-state index is 8.83. The van der Waals surface area contributed by atoms with Crippen molar-refractivity contribution in [2.24, 2.45) is 0 Å². The van der Waals surface area contributed by atoms with E-state index < -0.39 is 0 Å². The molecular formula is C12H13ClN2OS. The molecule has 0 spiro atoms. The highest BCUT2D eigenvalue weighted by Gasteiger charge is 2.06. The third-order valence-electron chi connectivity index (χ3n) is 2.36. The van der Waals surface area contributed by atoms with Gasteiger partial charge in [0.25, 0.3) is 0 Å². The lowest BCUT2D eigenvalue weighted by Gasteiger charge is -2.08. The van der Waals surface area contributed by atoms with Gasteiger partial charge in [0.05, 0.1) is 6.61 Å². The van der Waals surface area contributed by atoms with Crippen LogP contribution in [0, 0.1) is 6.92 Å². The molecule has 0 saturated heterocycles. The van der Waals surface area contributed by atoms with Crippen molar-refractivity contribution in [3.63, 3.8) is 0 Å². The Morgan fingerprint density at radius 1 is 1.47 bits per heavy atom. The van der Waals surface area contributed by atoms with E-state index >= 15 is 0 Å². The predicted molar refractivity (Wildman–Crippen MR) is 71.1 cm³/mol. The summed E-state index contributed by atoms with van der Waals surface area (Å²) in [7, 11) is 0. The van der Waals surface area contributed by atoms with E-state index in [4.69, 9.17) is 16.7 Å². The minimum absolute atomic E-state index is 0.145. The maximum atomic E-state index is 8.83. The molecule has 1 N–H and O–H groups in total. The number of aryl methyl sites for hydroxylation is 1. The zero-order valence-corrected chi connectivity index (χ0v) is 11.0. The van der Waals surface area contributed by atoms with Crippen molar-refractivity contribution >= 4 is 23.4 Å². The number of hydrogen-bond acceptors (Lipinski definition) is 3. The molecule has 1 aromatic heterocycles. The molecular weight excluding hydrogens is 256 g/mol. The lowest BCUT2D eigenvalue weighted by Crippen LogP contribution is -1.97. The molecule has 0 aliphatic heterocycles. The van der Waals surface area contributed by atoms with Gasteiger partial charge in [0.15, 0.2) is 5.16 Å². The Bertz CT molecular complexity index is 513. The lowest BCUT2D eigenvalue weighted by molar-refractivity contribution is 0.322. The molecule has 0 atom stereocenters. The van der Waals surface area contributed by atoms with E-state index in [-0.39, 0.29) is 6.61 Å². The van der Waals surface area contributed by atoms with Crippen LogP contribution in [0.5, 0.6) is 0 Å². The molecule has 90 valence electrons. The predicted octanol–water partition coefficient (Wildman–Crippen LogP) is 2.92. The first-order valence-electron chi connectivity index (χ1n) is 5.26. The number of aromatic nitrogens is 2. The quantitative estimate of drug-likeness (QED) is 0.867. The summed E-state index contributed by atoms with van der Waals surface area (Å²) in [6, 6.07) is 5.91. The van der Waals surface area contributed by atoms with Crippen LogP contribution in [0.4, 0.5) is 0 Å². The Hall–Kier alpha value is -0.970. The standard InChI is InChI=1S/C12H13ClN2OS/c1-9-2-3-10(8-11(9)13)15-5-4-14-12(15)17-7-6-16/h2-5,8,16H,6-7H2,1H3. The van der Waals surface area contributed by atoms with Gasteiger partial charge in [0.1, 0.15) is 0 Å². The second-order valence-corrected chi connectivity index (χ2v) is 5.05. The molecule has 3 nitrogen and oxygen atoms in total. The Labute approximate surface area is 109 Å². The normalized spacial score (nSPS) is 10.8. The van der Waals surface area contributed by atoms with Crippen molar-refractivity contribution in [3.05, 3.63) is 41.2 Å². The van der Waals surface area contributed by atoms with E-state index in [0.29, 0.717) is 5.75 Å². The molecule has 0 unspecified atom stereocenters. The summed E-state index contributed by atoms with van der Waals surface area (Å²) in [5, 5.41) is 10.4. The first-order chi connectivity index (χ1) is 8.22. The maximum Gasteiger partial charge on any atom is 0.172 e. The van der Waals surface area contributed by atoms with E-state index in [1.165, 1.54) is 11.8 Å². The van der Waals surface area contributed by atoms with E-state index in [0.717, 1.165) is 21.4 Å². The van der Waals surface area contributed by atoms with Gasteiger partial charge in [-0.15, -0.1) is 0 Å². The summed E-state index contributed by atoms with van der Waals surface area (Å²) in [4.78, 5) is 4.25. The zero-order chi connectivity index (χ0) is 12.3.